The minimum Gasteiger partial charge on any atom is -0.457 e. The Morgan fingerprint density at radius 2 is 2.05 bits per heavy atom. The molecule has 1 fully saturated rings. The zero-order valence-electron chi connectivity index (χ0n) is 12.4. The van der Waals surface area contributed by atoms with Gasteiger partial charge in [-0.3, -0.25) is 4.79 Å². The molecule has 1 N–H and O–H groups in total. The number of furan rings is 1. The molecule has 0 radical (unpaired) electrons. The number of amides is 1. The zero-order valence-corrected chi connectivity index (χ0v) is 12.4. The molecule has 0 bridgehead atoms. The minimum atomic E-state index is -0.0291. The molecule has 3 heteroatoms. The van der Waals surface area contributed by atoms with E-state index in [4.69, 9.17) is 4.42 Å². The van der Waals surface area contributed by atoms with E-state index in [1.165, 1.54) is 24.8 Å². The molecule has 2 aromatic rings. The Morgan fingerprint density at radius 3 is 2.86 bits per heavy atom. The first-order valence-electron chi connectivity index (χ1n) is 7.69. The monoisotopic (exact) mass is 283 g/mol. The number of benzene rings is 1. The molecule has 1 heterocycles. The number of hydrogen-bond acceptors (Lipinski definition) is 2. The predicted molar refractivity (Wildman–Crippen MR) is 85.0 cm³/mol. The van der Waals surface area contributed by atoms with Crippen LogP contribution in [0.25, 0.3) is 17.0 Å². The van der Waals surface area contributed by atoms with Gasteiger partial charge in [0.2, 0.25) is 5.91 Å². The zero-order chi connectivity index (χ0) is 14.7. The lowest BCUT2D eigenvalue weighted by molar-refractivity contribution is -0.117. The topological polar surface area (TPSA) is 42.2 Å². The molecule has 0 saturated heterocycles. The number of aryl methyl sites for hydroxylation is 1. The lowest BCUT2D eigenvalue weighted by Crippen LogP contribution is -2.34. The fourth-order valence-corrected chi connectivity index (χ4v) is 2.90. The molecule has 1 saturated carbocycles. The molecule has 0 aliphatic heterocycles. The summed E-state index contributed by atoms with van der Waals surface area (Å²) in [5.41, 5.74) is 2.03. The normalized spacial score (nSPS) is 16.6. The Balaban J connectivity index is 1.64. The van der Waals surface area contributed by atoms with E-state index in [0.29, 0.717) is 6.04 Å². The second-order valence-corrected chi connectivity index (χ2v) is 5.87. The highest BCUT2D eigenvalue weighted by Gasteiger charge is 2.14. The third-order valence-electron chi connectivity index (χ3n) is 4.05. The highest BCUT2D eigenvalue weighted by atomic mass is 16.3. The molecule has 3 rings (SSSR count). The number of fused-ring (bicyclic) bond motifs is 1. The quantitative estimate of drug-likeness (QED) is 0.858. The number of nitrogens with one attached hydrogen (secondary N) is 1. The summed E-state index contributed by atoms with van der Waals surface area (Å²) in [4.78, 5) is 11.9. The summed E-state index contributed by atoms with van der Waals surface area (Å²) < 4.78 is 5.72. The van der Waals surface area contributed by atoms with Crippen molar-refractivity contribution in [2.75, 3.05) is 0 Å². The van der Waals surface area contributed by atoms with Gasteiger partial charge in [0.25, 0.3) is 0 Å². The maximum atomic E-state index is 11.9. The van der Waals surface area contributed by atoms with Gasteiger partial charge < -0.3 is 9.73 Å². The van der Waals surface area contributed by atoms with E-state index in [1.807, 2.05) is 25.1 Å². The van der Waals surface area contributed by atoms with E-state index in [-0.39, 0.29) is 5.91 Å². The summed E-state index contributed by atoms with van der Waals surface area (Å²) in [6, 6.07) is 8.40. The van der Waals surface area contributed by atoms with Crippen LogP contribution in [0.4, 0.5) is 0 Å². The van der Waals surface area contributed by atoms with E-state index in [1.54, 1.807) is 12.2 Å². The summed E-state index contributed by atoms with van der Waals surface area (Å²) in [7, 11) is 0. The average molecular weight is 283 g/mol. The Kier molecular flexibility index (Phi) is 4.09. The predicted octanol–water partition coefficient (Wildman–Crippen LogP) is 4.20. The second-order valence-electron chi connectivity index (χ2n) is 5.87. The van der Waals surface area contributed by atoms with E-state index >= 15 is 0 Å². The van der Waals surface area contributed by atoms with Crippen LogP contribution >= 0.6 is 0 Å². The SMILES string of the molecule is Cc1ccc2cc(/C=C/C(=O)NC3CCCCC3)oc2c1. The van der Waals surface area contributed by atoms with Crippen LogP contribution in [0.1, 0.15) is 43.4 Å². The van der Waals surface area contributed by atoms with Gasteiger partial charge in [-0.1, -0.05) is 31.4 Å². The summed E-state index contributed by atoms with van der Waals surface area (Å²) in [5, 5.41) is 4.13. The second kappa shape index (κ2) is 6.17. The minimum absolute atomic E-state index is 0.0291. The van der Waals surface area contributed by atoms with Crippen molar-refractivity contribution in [3.8, 4) is 0 Å². The largest absolute Gasteiger partial charge is 0.457 e. The highest BCUT2D eigenvalue weighted by Crippen LogP contribution is 2.21. The molecular weight excluding hydrogens is 262 g/mol. The van der Waals surface area contributed by atoms with Crippen molar-refractivity contribution >= 4 is 23.0 Å². The number of hydrogen-bond donors (Lipinski definition) is 1. The van der Waals surface area contributed by atoms with Gasteiger partial charge in [-0.15, -0.1) is 0 Å². The summed E-state index contributed by atoms with van der Waals surface area (Å²) in [6.07, 6.45) is 9.25. The van der Waals surface area contributed by atoms with Gasteiger partial charge in [0, 0.05) is 17.5 Å². The van der Waals surface area contributed by atoms with Crippen LogP contribution in [0.5, 0.6) is 0 Å². The van der Waals surface area contributed by atoms with Gasteiger partial charge in [0.15, 0.2) is 0 Å². The van der Waals surface area contributed by atoms with Gasteiger partial charge in [0.05, 0.1) is 0 Å². The Bertz CT molecular complexity index is 663. The maximum absolute atomic E-state index is 11.9. The Morgan fingerprint density at radius 1 is 1.24 bits per heavy atom. The van der Waals surface area contributed by atoms with E-state index in [9.17, 15) is 4.79 Å². The fourth-order valence-electron chi connectivity index (χ4n) is 2.90. The molecule has 0 spiro atoms. The van der Waals surface area contributed by atoms with Crippen LogP contribution in [0.15, 0.2) is 34.8 Å². The molecule has 1 aliphatic carbocycles. The van der Waals surface area contributed by atoms with Crippen LogP contribution in [0.2, 0.25) is 0 Å². The van der Waals surface area contributed by atoms with Crippen molar-refractivity contribution in [1.82, 2.24) is 5.32 Å². The molecule has 1 aliphatic rings. The lowest BCUT2D eigenvalue weighted by atomic mass is 9.95. The van der Waals surface area contributed by atoms with Gasteiger partial charge in [-0.2, -0.15) is 0 Å². The van der Waals surface area contributed by atoms with Crippen LogP contribution in [0.3, 0.4) is 0 Å². The third kappa shape index (κ3) is 3.54. The summed E-state index contributed by atoms with van der Waals surface area (Å²) in [5.74, 6) is 0.688. The summed E-state index contributed by atoms with van der Waals surface area (Å²) in [6.45, 7) is 2.04. The van der Waals surface area contributed by atoms with Crippen molar-refractivity contribution in [2.45, 2.75) is 45.1 Å². The molecule has 110 valence electrons. The molecule has 3 nitrogen and oxygen atoms in total. The van der Waals surface area contributed by atoms with Gasteiger partial charge in [-0.05, 0) is 43.5 Å². The Hall–Kier alpha value is -2.03. The van der Waals surface area contributed by atoms with Crippen LogP contribution < -0.4 is 5.32 Å². The van der Waals surface area contributed by atoms with Crippen molar-refractivity contribution in [1.29, 1.82) is 0 Å². The first-order chi connectivity index (χ1) is 10.2. The van der Waals surface area contributed by atoms with Gasteiger partial charge in [-0.25, -0.2) is 0 Å². The average Bonchev–Trinajstić information content (AvgIpc) is 2.88. The third-order valence-corrected chi connectivity index (χ3v) is 4.05. The van der Waals surface area contributed by atoms with E-state index in [2.05, 4.69) is 11.4 Å². The molecule has 1 aromatic carbocycles. The lowest BCUT2D eigenvalue weighted by Gasteiger charge is -2.21. The van der Waals surface area contributed by atoms with Crippen LogP contribution in [-0.4, -0.2) is 11.9 Å². The molecule has 0 unspecified atom stereocenters. The Labute approximate surface area is 125 Å². The fraction of sp³-hybridized carbons (Fsp3) is 0.389. The van der Waals surface area contributed by atoms with Crippen molar-refractivity contribution in [3.63, 3.8) is 0 Å². The van der Waals surface area contributed by atoms with Gasteiger partial charge >= 0.3 is 0 Å². The molecule has 1 amide bonds. The highest BCUT2D eigenvalue weighted by molar-refractivity contribution is 5.92. The molecule has 21 heavy (non-hydrogen) atoms. The number of rotatable bonds is 3. The van der Waals surface area contributed by atoms with Crippen LogP contribution in [0, 0.1) is 6.92 Å². The first-order valence-corrected chi connectivity index (χ1v) is 7.69. The smallest absolute Gasteiger partial charge is 0.244 e. The molecular formula is C18H21NO2. The van der Waals surface area contributed by atoms with Crippen LogP contribution in [-0.2, 0) is 4.79 Å². The van der Waals surface area contributed by atoms with Gasteiger partial charge in [0.1, 0.15) is 11.3 Å². The number of carbonyl (C=O) groups excluding carboxylic acids is 1. The molecule has 0 atom stereocenters. The molecule has 1 aromatic heterocycles. The first kappa shape index (κ1) is 13.9. The summed E-state index contributed by atoms with van der Waals surface area (Å²) >= 11 is 0. The van der Waals surface area contributed by atoms with Crippen molar-refractivity contribution in [3.05, 3.63) is 41.7 Å². The maximum Gasteiger partial charge on any atom is 0.244 e. The van der Waals surface area contributed by atoms with Crippen molar-refractivity contribution < 1.29 is 9.21 Å². The van der Waals surface area contributed by atoms with E-state index < -0.39 is 0 Å². The standard InChI is InChI=1S/C18H21NO2/c1-13-7-8-14-12-16(21-17(14)11-13)9-10-18(20)19-15-5-3-2-4-6-15/h7-12,15H,2-6H2,1H3,(H,19,20)/b10-9+. The number of carbonyl (C=O) groups is 1. The van der Waals surface area contributed by atoms with Crippen molar-refractivity contribution in [2.24, 2.45) is 0 Å². The van der Waals surface area contributed by atoms with E-state index in [0.717, 1.165) is 29.6 Å².